The number of fused-ring (bicyclic) bond motifs is 1. The second-order valence-electron chi connectivity index (χ2n) is 7.01. The van der Waals surface area contributed by atoms with Gasteiger partial charge in [-0.05, 0) is 48.4 Å². The number of methoxy groups -OCH3 is 1. The van der Waals surface area contributed by atoms with Crippen molar-refractivity contribution in [3.8, 4) is 5.75 Å². The van der Waals surface area contributed by atoms with E-state index >= 15 is 0 Å². The molecular weight excluding hydrogens is 362 g/mol. The molecule has 5 heteroatoms. The van der Waals surface area contributed by atoms with E-state index < -0.39 is 0 Å². The lowest BCUT2D eigenvalue weighted by Gasteiger charge is -2.20. The van der Waals surface area contributed by atoms with Crippen LogP contribution in [-0.2, 0) is 7.05 Å². The highest BCUT2D eigenvalue weighted by Crippen LogP contribution is 2.25. The number of hydrogen-bond donors (Lipinski definition) is 1. The van der Waals surface area contributed by atoms with Crippen molar-refractivity contribution in [1.82, 2.24) is 14.9 Å². The number of aromatic nitrogens is 2. The summed E-state index contributed by atoms with van der Waals surface area (Å²) in [7, 11) is 3.61. The van der Waals surface area contributed by atoms with E-state index in [9.17, 15) is 4.79 Å². The largest absolute Gasteiger partial charge is 0.497 e. The van der Waals surface area contributed by atoms with Gasteiger partial charge in [-0.2, -0.15) is 0 Å². The number of carbonyl (C=O) groups is 1. The van der Waals surface area contributed by atoms with E-state index in [0.717, 1.165) is 33.7 Å². The Bertz CT molecular complexity index is 1150. The standard InChI is InChI=1S/C24H23N3O2/c1-16-25-21-15-19(11-14-22(21)27(16)2)24(28)26-23(17-7-5-4-6-8-17)18-9-12-20(29-3)13-10-18/h4-15,23H,1-3H3,(H,26,28)/t23-/m0/s1. The molecule has 0 fully saturated rings. The number of aryl methyl sites for hydroxylation is 2. The van der Waals surface area contributed by atoms with Crippen LogP contribution in [0.2, 0.25) is 0 Å². The van der Waals surface area contributed by atoms with Crippen LogP contribution in [0.4, 0.5) is 0 Å². The molecule has 4 aromatic rings. The molecule has 1 atom stereocenters. The number of carbonyl (C=O) groups excluding carboxylic acids is 1. The Kier molecular flexibility index (Phi) is 5.04. The van der Waals surface area contributed by atoms with Gasteiger partial charge in [-0.1, -0.05) is 42.5 Å². The van der Waals surface area contributed by atoms with Crippen LogP contribution < -0.4 is 10.1 Å². The molecule has 29 heavy (non-hydrogen) atoms. The first kappa shape index (κ1) is 18.7. The number of ether oxygens (including phenoxy) is 1. The first-order valence-corrected chi connectivity index (χ1v) is 9.49. The molecule has 0 aliphatic rings. The van der Waals surface area contributed by atoms with Gasteiger partial charge in [0.15, 0.2) is 0 Å². The molecule has 0 aliphatic heterocycles. The molecular formula is C24H23N3O2. The summed E-state index contributed by atoms with van der Waals surface area (Å²) in [5.74, 6) is 1.56. The molecule has 4 rings (SSSR count). The predicted octanol–water partition coefficient (Wildman–Crippen LogP) is 4.41. The summed E-state index contributed by atoms with van der Waals surface area (Å²) in [6.07, 6.45) is 0. The summed E-state index contributed by atoms with van der Waals surface area (Å²) in [5, 5.41) is 3.18. The lowest BCUT2D eigenvalue weighted by Crippen LogP contribution is -2.29. The maximum atomic E-state index is 13.1. The summed E-state index contributed by atoms with van der Waals surface area (Å²) in [6, 6.07) is 23.1. The molecule has 3 aromatic carbocycles. The van der Waals surface area contributed by atoms with Crippen LogP contribution in [0.1, 0.15) is 33.4 Å². The lowest BCUT2D eigenvalue weighted by molar-refractivity contribution is 0.0943. The Hall–Kier alpha value is -3.60. The van der Waals surface area contributed by atoms with Gasteiger partial charge in [0.25, 0.3) is 5.91 Å². The fourth-order valence-electron chi connectivity index (χ4n) is 3.48. The number of benzene rings is 3. The molecule has 1 heterocycles. The van der Waals surface area contributed by atoms with Crippen LogP contribution in [0.3, 0.4) is 0 Å². The third-order valence-electron chi connectivity index (χ3n) is 5.22. The Morgan fingerprint density at radius 2 is 1.69 bits per heavy atom. The van der Waals surface area contributed by atoms with Gasteiger partial charge in [0.05, 0.1) is 24.2 Å². The molecule has 0 radical (unpaired) electrons. The smallest absolute Gasteiger partial charge is 0.252 e. The molecule has 0 bridgehead atoms. The number of amides is 1. The van der Waals surface area contributed by atoms with Crippen LogP contribution >= 0.6 is 0 Å². The van der Waals surface area contributed by atoms with Gasteiger partial charge in [0, 0.05) is 12.6 Å². The molecule has 5 nitrogen and oxygen atoms in total. The minimum Gasteiger partial charge on any atom is -0.497 e. The molecule has 0 unspecified atom stereocenters. The van der Waals surface area contributed by atoms with Gasteiger partial charge in [-0.25, -0.2) is 4.98 Å². The van der Waals surface area contributed by atoms with Gasteiger partial charge in [0.2, 0.25) is 0 Å². The van der Waals surface area contributed by atoms with E-state index in [-0.39, 0.29) is 11.9 Å². The van der Waals surface area contributed by atoms with Gasteiger partial charge in [-0.3, -0.25) is 4.79 Å². The van der Waals surface area contributed by atoms with Gasteiger partial charge in [0.1, 0.15) is 11.6 Å². The van der Waals surface area contributed by atoms with Gasteiger partial charge >= 0.3 is 0 Å². The van der Waals surface area contributed by atoms with Crippen molar-refractivity contribution in [2.24, 2.45) is 7.05 Å². The Balaban J connectivity index is 1.67. The maximum Gasteiger partial charge on any atom is 0.252 e. The molecule has 0 aliphatic carbocycles. The molecule has 0 spiro atoms. The van der Waals surface area contributed by atoms with E-state index in [4.69, 9.17) is 4.74 Å². The summed E-state index contributed by atoms with van der Waals surface area (Å²) in [6.45, 7) is 1.95. The maximum absolute atomic E-state index is 13.1. The zero-order valence-corrected chi connectivity index (χ0v) is 16.7. The predicted molar refractivity (Wildman–Crippen MR) is 114 cm³/mol. The van der Waals surface area contributed by atoms with Gasteiger partial charge in [-0.15, -0.1) is 0 Å². The normalized spacial score (nSPS) is 12.0. The van der Waals surface area contributed by atoms with Crippen LogP contribution in [0, 0.1) is 6.92 Å². The number of imidazole rings is 1. The fourth-order valence-corrected chi connectivity index (χ4v) is 3.48. The number of nitrogens with one attached hydrogen (secondary N) is 1. The number of nitrogens with zero attached hydrogens (tertiary/aromatic N) is 2. The van der Waals surface area contributed by atoms with Crippen molar-refractivity contribution < 1.29 is 9.53 Å². The number of rotatable bonds is 5. The first-order chi connectivity index (χ1) is 14.1. The highest BCUT2D eigenvalue weighted by atomic mass is 16.5. The summed E-state index contributed by atoms with van der Waals surface area (Å²) < 4.78 is 7.28. The third kappa shape index (κ3) is 3.72. The third-order valence-corrected chi connectivity index (χ3v) is 5.22. The highest BCUT2D eigenvalue weighted by molar-refractivity contribution is 5.97. The lowest BCUT2D eigenvalue weighted by atomic mass is 9.98. The van der Waals surface area contributed by atoms with Crippen LogP contribution in [0.5, 0.6) is 5.75 Å². The van der Waals surface area contributed by atoms with Crippen molar-refractivity contribution in [3.63, 3.8) is 0 Å². The molecule has 1 amide bonds. The second-order valence-corrected chi connectivity index (χ2v) is 7.01. The fraction of sp³-hybridized carbons (Fsp3) is 0.167. The molecule has 1 N–H and O–H groups in total. The zero-order chi connectivity index (χ0) is 20.4. The van der Waals surface area contributed by atoms with E-state index in [1.165, 1.54) is 0 Å². The van der Waals surface area contributed by atoms with Crippen LogP contribution in [0.25, 0.3) is 11.0 Å². The summed E-state index contributed by atoms with van der Waals surface area (Å²) in [5.41, 5.74) is 4.41. The van der Waals surface area contributed by atoms with E-state index in [2.05, 4.69) is 10.3 Å². The molecule has 146 valence electrons. The van der Waals surface area contributed by atoms with Crippen molar-refractivity contribution in [2.45, 2.75) is 13.0 Å². The average molecular weight is 385 g/mol. The van der Waals surface area contributed by atoms with Crippen molar-refractivity contribution >= 4 is 16.9 Å². The van der Waals surface area contributed by atoms with E-state index in [1.807, 2.05) is 91.3 Å². The Labute approximate surface area is 170 Å². The van der Waals surface area contributed by atoms with Crippen LogP contribution in [0.15, 0.2) is 72.8 Å². The second kappa shape index (κ2) is 7.80. The molecule has 1 aromatic heterocycles. The topological polar surface area (TPSA) is 56.1 Å². The minimum atomic E-state index is -0.268. The minimum absolute atomic E-state index is 0.139. The Morgan fingerprint density at radius 1 is 1.00 bits per heavy atom. The Morgan fingerprint density at radius 3 is 2.38 bits per heavy atom. The average Bonchev–Trinajstić information content (AvgIpc) is 3.05. The van der Waals surface area contributed by atoms with Crippen LogP contribution in [-0.4, -0.2) is 22.6 Å². The number of hydrogen-bond acceptors (Lipinski definition) is 3. The summed E-state index contributed by atoms with van der Waals surface area (Å²) >= 11 is 0. The van der Waals surface area contributed by atoms with Crippen molar-refractivity contribution in [2.75, 3.05) is 7.11 Å². The monoisotopic (exact) mass is 385 g/mol. The van der Waals surface area contributed by atoms with E-state index in [0.29, 0.717) is 5.56 Å². The summed E-state index contributed by atoms with van der Waals surface area (Å²) in [4.78, 5) is 17.6. The zero-order valence-electron chi connectivity index (χ0n) is 16.7. The SMILES string of the molecule is COc1ccc([C@@H](NC(=O)c2ccc3c(c2)nc(C)n3C)c2ccccc2)cc1. The highest BCUT2D eigenvalue weighted by Gasteiger charge is 2.19. The molecule has 0 saturated carbocycles. The van der Waals surface area contributed by atoms with Gasteiger partial charge < -0.3 is 14.6 Å². The quantitative estimate of drug-likeness (QED) is 0.554. The van der Waals surface area contributed by atoms with E-state index in [1.54, 1.807) is 7.11 Å². The molecule has 0 saturated heterocycles. The van der Waals surface area contributed by atoms with Crippen molar-refractivity contribution in [3.05, 3.63) is 95.3 Å². The first-order valence-electron chi connectivity index (χ1n) is 9.49. The van der Waals surface area contributed by atoms with Crippen molar-refractivity contribution in [1.29, 1.82) is 0 Å².